The molecule has 1 fully saturated rings. The first kappa shape index (κ1) is 12.5. The molecule has 84 valence electrons. The molecule has 1 aliphatic rings. The summed E-state index contributed by atoms with van der Waals surface area (Å²) in [5.74, 6) is 1.36. The van der Waals surface area contributed by atoms with E-state index in [1.54, 1.807) is 4.31 Å². The lowest BCUT2D eigenvalue weighted by Gasteiger charge is -2.32. The minimum absolute atomic E-state index is 0.0480. The molecule has 0 radical (unpaired) electrons. The van der Waals surface area contributed by atoms with Crippen molar-refractivity contribution in [2.24, 2.45) is 11.8 Å². The van der Waals surface area contributed by atoms with Gasteiger partial charge in [0, 0.05) is 13.1 Å². The third-order valence-corrected chi connectivity index (χ3v) is 6.14. The van der Waals surface area contributed by atoms with E-state index in [0.717, 1.165) is 12.8 Å². The Morgan fingerprint density at radius 3 is 2.21 bits per heavy atom. The second-order valence-electron chi connectivity index (χ2n) is 4.20. The van der Waals surface area contributed by atoms with E-state index in [2.05, 4.69) is 29.8 Å². The molecule has 0 spiro atoms. The van der Waals surface area contributed by atoms with E-state index in [1.807, 2.05) is 0 Å². The SMILES string of the molecule is CC(C)C1CCN(S(=O)(=O)CBr)CC1. The molecule has 0 aromatic heterocycles. The highest BCUT2D eigenvalue weighted by molar-refractivity contribution is 9.10. The molecular weight excluding hydrogens is 266 g/mol. The fourth-order valence-corrected chi connectivity index (χ4v) is 3.66. The molecular formula is C9H18BrNO2S. The summed E-state index contributed by atoms with van der Waals surface area (Å²) in [6, 6.07) is 0. The summed E-state index contributed by atoms with van der Waals surface area (Å²) < 4.78 is 24.7. The van der Waals surface area contributed by atoms with Crippen molar-refractivity contribution in [3.8, 4) is 0 Å². The summed E-state index contributed by atoms with van der Waals surface area (Å²) in [5, 5.41) is 0. The van der Waals surface area contributed by atoms with Gasteiger partial charge in [-0.05, 0) is 24.7 Å². The molecule has 0 saturated carbocycles. The molecule has 0 atom stereocenters. The molecule has 5 heteroatoms. The Morgan fingerprint density at radius 1 is 1.36 bits per heavy atom. The van der Waals surface area contributed by atoms with E-state index in [1.165, 1.54) is 0 Å². The number of sulfonamides is 1. The molecule has 0 aliphatic carbocycles. The second kappa shape index (κ2) is 4.94. The highest BCUT2D eigenvalue weighted by atomic mass is 79.9. The fourth-order valence-electron chi connectivity index (χ4n) is 1.89. The van der Waals surface area contributed by atoms with Gasteiger partial charge in [0.05, 0.1) is 0 Å². The van der Waals surface area contributed by atoms with Crippen LogP contribution < -0.4 is 0 Å². The van der Waals surface area contributed by atoms with Crippen LogP contribution in [-0.4, -0.2) is 30.5 Å². The van der Waals surface area contributed by atoms with Crippen molar-refractivity contribution in [1.82, 2.24) is 4.31 Å². The normalized spacial score (nSPS) is 21.7. The van der Waals surface area contributed by atoms with Crippen LogP contribution in [0.2, 0.25) is 0 Å². The van der Waals surface area contributed by atoms with Crippen LogP contribution in [0.3, 0.4) is 0 Å². The van der Waals surface area contributed by atoms with Crippen molar-refractivity contribution in [2.45, 2.75) is 26.7 Å². The lowest BCUT2D eigenvalue weighted by atomic mass is 9.87. The fraction of sp³-hybridized carbons (Fsp3) is 1.00. The Kier molecular flexibility index (Phi) is 4.40. The molecule has 0 bridgehead atoms. The van der Waals surface area contributed by atoms with Gasteiger partial charge < -0.3 is 0 Å². The Balaban J connectivity index is 2.52. The maximum absolute atomic E-state index is 11.5. The maximum atomic E-state index is 11.5. The Morgan fingerprint density at radius 2 is 1.86 bits per heavy atom. The quantitative estimate of drug-likeness (QED) is 0.744. The first-order chi connectivity index (χ1) is 6.47. The average molecular weight is 284 g/mol. The van der Waals surface area contributed by atoms with Gasteiger partial charge in [-0.1, -0.05) is 29.8 Å². The molecule has 1 saturated heterocycles. The van der Waals surface area contributed by atoms with E-state index in [9.17, 15) is 8.42 Å². The van der Waals surface area contributed by atoms with Crippen LogP contribution in [0.5, 0.6) is 0 Å². The van der Waals surface area contributed by atoms with Crippen LogP contribution in [0.25, 0.3) is 0 Å². The largest absolute Gasteiger partial charge is 0.224 e. The van der Waals surface area contributed by atoms with E-state index in [-0.39, 0.29) is 4.66 Å². The minimum Gasteiger partial charge on any atom is -0.211 e. The minimum atomic E-state index is -3.02. The number of halogens is 1. The zero-order valence-corrected chi connectivity index (χ0v) is 11.1. The summed E-state index contributed by atoms with van der Waals surface area (Å²) in [7, 11) is -3.02. The molecule has 0 aromatic rings. The third kappa shape index (κ3) is 2.94. The van der Waals surface area contributed by atoms with Gasteiger partial charge in [0.2, 0.25) is 10.0 Å². The van der Waals surface area contributed by atoms with E-state index in [0.29, 0.717) is 24.9 Å². The molecule has 0 N–H and O–H groups in total. The summed E-state index contributed by atoms with van der Waals surface area (Å²) >= 11 is 3.02. The Hall–Kier alpha value is 0.390. The molecule has 1 heterocycles. The zero-order chi connectivity index (χ0) is 10.8. The maximum Gasteiger partial charge on any atom is 0.224 e. The van der Waals surface area contributed by atoms with Crippen LogP contribution in [0, 0.1) is 11.8 Å². The van der Waals surface area contributed by atoms with Crippen molar-refractivity contribution in [3.05, 3.63) is 0 Å². The summed E-state index contributed by atoms with van der Waals surface area (Å²) in [6.07, 6.45) is 2.01. The van der Waals surface area contributed by atoms with Crippen LogP contribution >= 0.6 is 15.9 Å². The van der Waals surface area contributed by atoms with Crippen molar-refractivity contribution in [3.63, 3.8) is 0 Å². The van der Waals surface area contributed by atoms with Crippen molar-refractivity contribution in [2.75, 3.05) is 17.8 Å². The predicted octanol–water partition coefficient (Wildman–Crippen LogP) is 2.04. The number of rotatable bonds is 3. The zero-order valence-electron chi connectivity index (χ0n) is 8.74. The Labute approximate surface area is 95.0 Å². The van der Waals surface area contributed by atoms with Gasteiger partial charge >= 0.3 is 0 Å². The van der Waals surface area contributed by atoms with Gasteiger partial charge in [0.15, 0.2) is 0 Å². The summed E-state index contributed by atoms with van der Waals surface area (Å²) in [5.41, 5.74) is 0. The number of alkyl halides is 1. The van der Waals surface area contributed by atoms with Crippen LogP contribution in [0.1, 0.15) is 26.7 Å². The molecule has 0 aromatic carbocycles. The lowest BCUT2D eigenvalue weighted by Crippen LogP contribution is -2.39. The topological polar surface area (TPSA) is 37.4 Å². The van der Waals surface area contributed by atoms with Crippen molar-refractivity contribution in [1.29, 1.82) is 0 Å². The number of hydrogen-bond donors (Lipinski definition) is 0. The van der Waals surface area contributed by atoms with Gasteiger partial charge in [-0.15, -0.1) is 0 Å². The van der Waals surface area contributed by atoms with E-state index in [4.69, 9.17) is 0 Å². The summed E-state index contributed by atoms with van der Waals surface area (Å²) in [6.45, 7) is 5.80. The number of hydrogen-bond acceptors (Lipinski definition) is 2. The molecule has 1 rings (SSSR count). The van der Waals surface area contributed by atoms with Crippen molar-refractivity contribution < 1.29 is 8.42 Å². The van der Waals surface area contributed by atoms with Gasteiger partial charge in [-0.3, -0.25) is 0 Å². The monoisotopic (exact) mass is 283 g/mol. The molecule has 3 nitrogen and oxygen atoms in total. The first-order valence-corrected chi connectivity index (χ1v) is 7.74. The first-order valence-electron chi connectivity index (χ1n) is 5.01. The molecule has 1 aliphatic heterocycles. The highest BCUT2D eigenvalue weighted by Gasteiger charge is 2.27. The Bertz CT molecular complexity index is 269. The highest BCUT2D eigenvalue weighted by Crippen LogP contribution is 2.26. The van der Waals surface area contributed by atoms with Gasteiger partial charge in [-0.2, -0.15) is 0 Å². The van der Waals surface area contributed by atoms with Crippen LogP contribution in [-0.2, 0) is 10.0 Å². The summed E-state index contributed by atoms with van der Waals surface area (Å²) in [4.78, 5) is 0. The van der Waals surface area contributed by atoms with Crippen molar-refractivity contribution >= 4 is 26.0 Å². The molecule has 14 heavy (non-hydrogen) atoms. The smallest absolute Gasteiger partial charge is 0.211 e. The van der Waals surface area contributed by atoms with E-state index >= 15 is 0 Å². The van der Waals surface area contributed by atoms with Crippen LogP contribution in [0.4, 0.5) is 0 Å². The predicted molar refractivity (Wildman–Crippen MR) is 61.8 cm³/mol. The number of nitrogens with zero attached hydrogens (tertiary/aromatic N) is 1. The van der Waals surface area contributed by atoms with Gasteiger partial charge in [0.25, 0.3) is 0 Å². The third-order valence-electron chi connectivity index (χ3n) is 2.97. The lowest BCUT2D eigenvalue weighted by molar-refractivity contribution is 0.227. The molecule has 0 unspecified atom stereocenters. The number of piperidine rings is 1. The van der Waals surface area contributed by atoms with E-state index < -0.39 is 10.0 Å². The van der Waals surface area contributed by atoms with Gasteiger partial charge in [-0.25, -0.2) is 12.7 Å². The average Bonchev–Trinajstić information content (AvgIpc) is 2.18. The standard InChI is InChI=1S/C9H18BrNO2S/c1-8(2)9-3-5-11(6-4-9)14(12,13)7-10/h8-9H,3-7H2,1-2H3. The second-order valence-corrected chi connectivity index (χ2v) is 7.47. The van der Waals surface area contributed by atoms with Gasteiger partial charge in [0.1, 0.15) is 4.66 Å². The molecule has 0 amide bonds. The van der Waals surface area contributed by atoms with Crippen LogP contribution in [0.15, 0.2) is 0 Å².